The molecule has 0 bridgehead atoms. The topological polar surface area (TPSA) is 75.5 Å². The fourth-order valence-electron chi connectivity index (χ4n) is 5.04. The first-order chi connectivity index (χ1) is 16.2. The maximum absolute atomic E-state index is 13.4. The number of carbonyl (C=O) groups is 1. The van der Waals surface area contributed by atoms with E-state index in [0.717, 1.165) is 37.2 Å². The maximum Gasteiger partial charge on any atom is 0.347 e. The summed E-state index contributed by atoms with van der Waals surface area (Å²) in [7, 11) is 0. The number of aliphatic hydroxyl groups is 1. The molecule has 1 N–H and O–H groups in total. The predicted molar refractivity (Wildman–Crippen MR) is 126 cm³/mol. The summed E-state index contributed by atoms with van der Waals surface area (Å²) < 4.78 is 5.81. The standard InChI is InChI=1S/C27H29N3O3/c31-26(27(32)23-11-4-2-9-21(23)22-10-3-5-12-24(22)27)33-19-20(25-28-14-8-15-29-25)13-18-30-16-6-1-7-17-30/h2-5,8-12,14-15,20,32H,1,6-7,13,16-19H2/t20-/m0/s1. The highest BCUT2D eigenvalue weighted by atomic mass is 16.5. The zero-order valence-electron chi connectivity index (χ0n) is 18.7. The Morgan fingerprint density at radius 2 is 1.55 bits per heavy atom. The number of aromatic nitrogens is 2. The number of hydrogen-bond donors (Lipinski definition) is 1. The van der Waals surface area contributed by atoms with Crippen LogP contribution >= 0.6 is 0 Å². The molecule has 1 fully saturated rings. The second kappa shape index (κ2) is 9.41. The maximum atomic E-state index is 13.4. The van der Waals surface area contributed by atoms with E-state index in [9.17, 15) is 9.90 Å². The van der Waals surface area contributed by atoms with Crippen LogP contribution in [-0.2, 0) is 15.1 Å². The van der Waals surface area contributed by atoms with Crippen LogP contribution in [0.3, 0.4) is 0 Å². The van der Waals surface area contributed by atoms with Gasteiger partial charge in [0.2, 0.25) is 5.60 Å². The van der Waals surface area contributed by atoms with Crippen LogP contribution in [0.1, 0.15) is 48.6 Å². The summed E-state index contributed by atoms with van der Waals surface area (Å²) in [6.07, 6.45) is 7.98. The molecule has 0 unspecified atom stereocenters. The Labute approximate surface area is 194 Å². The zero-order valence-corrected chi connectivity index (χ0v) is 18.7. The lowest BCUT2D eigenvalue weighted by atomic mass is 9.91. The molecule has 2 aliphatic rings. The third-order valence-electron chi connectivity index (χ3n) is 6.83. The van der Waals surface area contributed by atoms with Crippen molar-refractivity contribution in [3.63, 3.8) is 0 Å². The van der Waals surface area contributed by atoms with Gasteiger partial charge in [0, 0.05) is 23.5 Å². The van der Waals surface area contributed by atoms with Crippen molar-refractivity contribution in [1.82, 2.24) is 14.9 Å². The number of piperidine rings is 1. The average molecular weight is 444 g/mol. The highest BCUT2D eigenvalue weighted by molar-refractivity contribution is 5.96. The summed E-state index contributed by atoms with van der Waals surface area (Å²) in [5, 5.41) is 11.7. The Kier molecular flexibility index (Phi) is 6.20. The molecule has 1 aromatic heterocycles. The van der Waals surface area contributed by atoms with Gasteiger partial charge in [0.05, 0.1) is 5.92 Å². The molecule has 6 heteroatoms. The number of benzene rings is 2. The molecule has 2 heterocycles. The summed E-state index contributed by atoms with van der Waals surface area (Å²) in [5.41, 5.74) is 1.04. The minimum atomic E-state index is -1.82. The Balaban J connectivity index is 1.35. The lowest BCUT2D eigenvalue weighted by Gasteiger charge is -2.28. The van der Waals surface area contributed by atoms with Crippen LogP contribution in [0.25, 0.3) is 11.1 Å². The number of ether oxygens (including phenoxy) is 1. The van der Waals surface area contributed by atoms with Gasteiger partial charge in [-0.15, -0.1) is 0 Å². The highest BCUT2D eigenvalue weighted by Crippen LogP contribution is 2.47. The van der Waals surface area contributed by atoms with Crippen LogP contribution in [0.2, 0.25) is 0 Å². The molecule has 0 amide bonds. The van der Waals surface area contributed by atoms with E-state index in [4.69, 9.17) is 4.74 Å². The molecule has 1 atom stereocenters. The Morgan fingerprint density at radius 3 is 2.18 bits per heavy atom. The van der Waals surface area contributed by atoms with Gasteiger partial charge < -0.3 is 14.7 Å². The molecule has 1 saturated heterocycles. The molecule has 3 aromatic rings. The van der Waals surface area contributed by atoms with Crippen molar-refractivity contribution in [3.05, 3.63) is 83.9 Å². The molecule has 6 nitrogen and oxygen atoms in total. The average Bonchev–Trinajstić information content (AvgIpc) is 3.15. The van der Waals surface area contributed by atoms with Gasteiger partial charge in [0.1, 0.15) is 12.4 Å². The molecule has 5 rings (SSSR count). The van der Waals surface area contributed by atoms with Crippen LogP contribution in [0.15, 0.2) is 67.0 Å². The quantitative estimate of drug-likeness (QED) is 0.559. The van der Waals surface area contributed by atoms with Gasteiger partial charge in [-0.05, 0) is 56.1 Å². The van der Waals surface area contributed by atoms with E-state index >= 15 is 0 Å². The monoisotopic (exact) mass is 443 g/mol. The molecule has 33 heavy (non-hydrogen) atoms. The van der Waals surface area contributed by atoms with Gasteiger partial charge >= 0.3 is 5.97 Å². The van der Waals surface area contributed by atoms with Crippen molar-refractivity contribution in [1.29, 1.82) is 0 Å². The number of esters is 1. The van der Waals surface area contributed by atoms with Gasteiger partial charge in [0.15, 0.2) is 0 Å². The number of likely N-dealkylation sites (tertiary alicyclic amines) is 1. The fourth-order valence-corrected chi connectivity index (χ4v) is 5.04. The van der Waals surface area contributed by atoms with E-state index in [1.54, 1.807) is 30.6 Å². The largest absolute Gasteiger partial charge is 0.462 e. The van der Waals surface area contributed by atoms with Crippen molar-refractivity contribution in [2.45, 2.75) is 37.2 Å². The molecule has 1 aliphatic heterocycles. The predicted octanol–water partition coefficient (Wildman–Crippen LogP) is 3.90. The lowest BCUT2D eigenvalue weighted by Crippen LogP contribution is -2.38. The van der Waals surface area contributed by atoms with Gasteiger partial charge in [-0.3, -0.25) is 0 Å². The van der Waals surface area contributed by atoms with Gasteiger partial charge in [-0.1, -0.05) is 55.0 Å². The van der Waals surface area contributed by atoms with E-state index in [1.165, 1.54) is 19.3 Å². The summed E-state index contributed by atoms with van der Waals surface area (Å²) >= 11 is 0. The number of fused-ring (bicyclic) bond motifs is 3. The minimum Gasteiger partial charge on any atom is -0.462 e. The van der Waals surface area contributed by atoms with Gasteiger partial charge in [-0.25, -0.2) is 14.8 Å². The first kappa shape index (κ1) is 21.7. The molecule has 0 radical (unpaired) electrons. The van der Waals surface area contributed by atoms with Crippen LogP contribution in [0.4, 0.5) is 0 Å². The molecule has 170 valence electrons. The number of hydrogen-bond acceptors (Lipinski definition) is 6. The van der Waals surface area contributed by atoms with Crippen molar-refractivity contribution in [3.8, 4) is 11.1 Å². The molecule has 0 spiro atoms. The first-order valence-corrected chi connectivity index (χ1v) is 11.8. The number of carbonyl (C=O) groups excluding carboxylic acids is 1. The van der Waals surface area contributed by atoms with Crippen molar-refractivity contribution < 1.29 is 14.6 Å². The first-order valence-electron chi connectivity index (χ1n) is 11.8. The Hall–Kier alpha value is -3.09. The smallest absolute Gasteiger partial charge is 0.347 e. The normalized spacial score (nSPS) is 17.7. The lowest BCUT2D eigenvalue weighted by molar-refractivity contribution is -0.162. The van der Waals surface area contributed by atoms with E-state index < -0.39 is 11.6 Å². The molecular weight excluding hydrogens is 414 g/mol. The minimum absolute atomic E-state index is 0.128. The van der Waals surface area contributed by atoms with Crippen molar-refractivity contribution >= 4 is 5.97 Å². The zero-order chi connectivity index (χ0) is 22.7. The molecule has 2 aromatic carbocycles. The number of nitrogens with zero attached hydrogens (tertiary/aromatic N) is 3. The van der Waals surface area contributed by atoms with E-state index in [2.05, 4.69) is 14.9 Å². The van der Waals surface area contributed by atoms with Crippen LogP contribution in [0.5, 0.6) is 0 Å². The van der Waals surface area contributed by atoms with E-state index in [1.807, 2.05) is 36.4 Å². The summed E-state index contributed by atoms with van der Waals surface area (Å²) in [4.78, 5) is 24.7. The highest BCUT2D eigenvalue weighted by Gasteiger charge is 2.49. The molecule has 1 aliphatic carbocycles. The van der Waals surface area contributed by atoms with Crippen LogP contribution in [0, 0.1) is 0 Å². The third-order valence-corrected chi connectivity index (χ3v) is 6.83. The third kappa shape index (κ3) is 4.16. The summed E-state index contributed by atoms with van der Waals surface area (Å²) in [6, 6.07) is 16.7. The number of rotatable bonds is 7. The van der Waals surface area contributed by atoms with Gasteiger partial charge in [0.25, 0.3) is 0 Å². The van der Waals surface area contributed by atoms with Crippen molar-refractivity contribution in [2.75, 3.05) is 26.2 Å². The Bertz CT molecular complexity index is 1070. The Morgan fingerprint density at radius 1 is 0.939 bits per heavy atom. The van der Waals surface area contributed by atoms with Crippen LogP contribution in [-0.4, -0.2) is 52.2 Å². The summed E-state index contributed by atoms with van der Waals surface area (Å²) in [5.74, 6) is -0.118. The van der Waals surface area contributed by atoms with Gasteiger partial charge in [-0.2, -0.15) is 0 Å². The van der Waals surface area contributed by atoms with Crippen molar-refractivity contribution in [2.24, 2.45) is 0 Å². The molecule has 0 saturated carbocycles. The van der Waals surface area contributed by atoms with E-state index in [-0.39, 0.29) is 12.5 Å². The van der Waals surface area contributed by atoms with Crippen LogP contribution < -0.4 is 0 Å². The SMILES string of the molecule is O=C(OC[C@H](CCN1CCCCC1)c1ncccn1)C1(O)c2ccccc2-c2ccccc21. The fraction of sp³-hybridized carbons (Fsp3) is 0.370. The second-order valence-electron chi connectivity index (χ2n) is 8.89. The second-order valence-corrected chi connectivity index (χ2v) is 8.89. The van der Waals surface area contributed by atoms with E-state index in [0.29, 0.717) is 17.0 Å². The summed E-state index contributed by atoms with van der Waals surface area (Å²) in [6.45, 7) is 3.25. The molecular formula is C27H29N3O3.